The SMILES string of the molecule is COC(=O)C(C)(C)NC(=O)c1cc(-c2ccccc2C)n[nH]1. The van der Waals surface area contributed by atoms with Crippen molar-refractivity contribution in [1.82, 2.24) is 15.5 Å². The van der Waals surface area contributed by atoms with Crippen molar-refractivity contribution in [3.63, 3.8) is 0 Å². The Hall–Kier alpha value is -2.63. The fraction of sp³-hybridized carbons (Fsp3) is 0.312. The zero-order chi connectivity index (χ0) is 16.3. The van der Waals surface area contributed by atoms with Gasteiger partial charge in [0, 0.05) is 5.56 Å². The molecule has 2 rings (SSSR count). The van der Waals surface area contributed by atoms with Crippen molar-refractivity contribution in [2.24, 2.45) is 0 Å². The van der Waals surface area contributed by atoms with Gasteiger partial charge in [0.05, 0.1) is 12.8 Å². The van der Waals surface area contributed by atoms with Gasteiger partial charge in [-0.3, -0.25) is 9.89 Å². The lowest BCUT2D eigenvalue weighted by Gasteiger charge is -2.22. The summed E-state index contributed by atoms with van der Waals surface area (Å²) in [5.74, 6) is -0.928. The highest BCUT2D eigenvalue weighted by atomic mass is 16.5. The minimum atomic E-state index is -1.11. The number of aromatic amines is 1. The van der Waals surface area contributed by atoms with E-state index in [9.17, 15) is 9.59 Å². The van der Waals surface area contributed by atoms with Gasteiger partial charge >= 0.3 is 5.97 Å². The average Bonchev–Trinajstić information content (AvgIpc) is 2.96. The summed E-state index contributed by atoms with van der Waals surface area (Å²) in [4.78, 5) is 23.8. The maximum atomic E-state index is 12.2. The van der Waals surface area contributed by atoms with Gasteiger partial charge in [-0.15, -0.1) is 0 Å². The molecule has 0 atom stereocenters. The molecule has 6 heteroatoms. The first-order valence-electron chi connectivity index (χ1n) is 6.87. The molecule has 0 unspecified atom stereocenters. The van der Waals surface area contributed by atoms with Crippen LogP contribution in [0.25, 0.3) is 11.3 Å². The number of rotatable bonds is 4. The molecule has 1 aromatic heterocycles. The quantitative estimate of drug-likeness (QED) is 0.847. The number of carbonyl (C=O) groups is 2. The first-order valence-corrected chi connectivity index (χ1v) is 6.87. The van der Waals surface area contributed by atoms with Gasteiger partial charge in [0.2, 0.25) is 0 Å². The third kappa shape index (κ3) is 3.16. The van der Waals surface area contributed by atoms with Crippen molar-refractivity contribution in [2.75, 3.05) is 7.11 Å². The minimum absolute atomic E-state index is 0.287. The fourth-order valence-electron chi connectivity index (χ4n) is 2.09. The first-order chi connectivity index (χ1) is 10.3. The molecule has 0 bridgehead atoms. The molecule has 0 fully saturated rings. The normalized spacial score (nSPS) is 11.1. The second-order valence-corrected chi connectivity index (χ2v) is 5.55. The number of nitrogens with zero attached hydrogens (tertiary/aromatic N) is 1. The van der Waals surface area contributed by atoms with E-state index in [2.05, 4.69) is 20.3 Å². The number of carbonyl (C=O) groups excluding carboxylic acids is 2. The van der Waals surface area contributed by atoms with Crippen LogP contribution in [-0.4, -0.2) is 34.7 Å². The molecule has 2 aromatic rings. The van der Waals surface area contributed by atoms with E-state index < -0.39 is 17.4 Å². The van der Waals surface area contributed by atoms with Crippen molar-refractivity contribution >= 4 is 11.9 Å². The van der Waals surface area contributed by atoms with E-state index in [4.69, 9.17) is 0 Å². The van der Waals surface area contributed by atoms with Crippen LogP contribution in [0.3, 0.4) is 0 Å². The van der Waals surface area contributed by atoms with Gasteiger partial charge in [0.15, 0.2) is 0 Å². The highest BCUT2D eigenvalue weighted by Crippen LogP contribution is 2.21. The molecule has 2 N–H and O–H groups in total. The molecule has 0 saturated carbocycles. The summed E-state index contributed by atoms with van der Waals surface area (Å²) in [6.07, 6.45) is 0. The fourth-order valence-corrected chi connectivity index (χ4v) is 2.09. The van der Waals surface area contributed by atoms with E-state index >= 15 is 0 Å². The zero-order valence-electron chi connectivity index (χ0n) is 13.1. The smallest absolute Gasteiger partial charge is 0.330 e. The van der Waals surface area contributed by atoms with Crippen molar-refractivity contribution in [3.8, 4) is 11.3 Å². The summed E-state index contributed by atoms with van der Waals surface area (Å²) in [5.41, 5.74) is 1.87. The number of methoxy groups -OCH3 is 1. The number of amides is 1. The Labute approximate surface area is 128 Å². The monoisotopic (exact) mass is 301 g/mol. The zero-order valence-corrected chi connectivity index (χ0v) is 13.1. The maximum absolute atomic E-state index is 12.2. The number of hydrogen-bond donors (Lipinski definition) is 2. The largest absolute Gasteiger partial charge is 0.467 e. The summed E-state index contributed by atoms with van der Waals surface area (Å²) in [7, 11) is 1.28. The Morgan fingerprint density at radius 2 is 1.95 bits per heavy atom. The molecule has 116 valence electrons. The Morgan fingerprint density at radius 1 is 1.27 bits per heavy atom. The number of benzene rings is 1. The second-order valence-electron chi connectivity index (χ2n) is 5.55. The number of ether oxygens (including phenoxy) is 1. The van der Waals surface area contributed by atoms with Gasteiger partial charge < -0.3 is 10.1 Å². The van der Waals surface area contributed by atoms with E-state index in [0.717, 1.165) is 11.1 Å². The Morgan fingerprint density at radius 3 is 2.59 bits per heavy atom. The third-order valence-electron chi connectivity index (χ3n) is 3.37. The van der Waals surface area contributed by atoms with Gasteiger partial charge in [-0.05, 0) is 32.4 Å². The van der Waals surface area contributed by atoms with Gasteiger partial charge in [-0.2, -0.15) is 5.10 Å². The summed E-state index contributed by atoms with van der Waals surface area (Å²) >= 11 is 0. The predicted octanol–water partition coefficient (Wildman–Crippen LogP) is 2.07. The van der Waals surface area contributed by atoms with Crippen molar-refractivity contribution in [1.29, 1.82) is 0 Å². The Balaban J connectivity index is 2.20. The third-order valence-corrected chi connectivity index (χ3v) is 3.37. The number of nitrogens with one attached hydrogen (secondary N) is 2. The lowest BCUT2D eigenvalue weighted by molar-refractivity contribution is -0.146. The number of hydrogen-bond acceptors (Lipinski definition) is 4. The van der Waals surface area contributed by atoms with Crippen LogP contribution >= 0.6 is 0 Å². The van der Waals surface area contributed by atoms with Gasteiger partial charge in [0.1, 0.15) is 11.2 Å². The van der Waals surface area contributed by atoms with Crippen molar-refractivity contribution < 1.29 is 14.3 Å². The molecule has 6 nitrogen and oxygen atoms in total. The van der Waals surface area contributed by atoms with Crippen LogP contribution in [0.1, 0.15) is 29.9 Å². The molecule has 0 aliphatic rings. The molecule has 0 radical (unpaired) electrons. The van der Waals surface area contributed by atoms with Crippen LogP contribution in [0.15, 0.2) is 30.3 Å². The summed E-state index contributed by atoms with van der Waals surface area (Å²) in [5, 5.41) is 9.48. The van der Waals surface area contributed by atoms with Crippen LogP contribution in [0.2, 0.25) is 0 Å². The van der Waals surface area contributed by atoms with Gasteiger partial charge in [0.25, 0.3) is 5.91 Å². The molecule has 0 spiro atoms. The van der Waals surface area contributed by atoms with E-state index in [1.165, 1.54) is 7.11 Å². The molecule has 1 amide bonds. The number of aromatic nitrogens is 2. The number of H-pyrrole nitrogens is 1. The lowest BCUT2D eigenvalue weighted by Crippen LogP contribution is -2.50. The van der Waals surface area contributed by atoms with E-state index in [1.54, 1.807) is 19.9 Å². The van der Waals surface area contributed by atoms with Crippen LogP contribution in [0, 0.1) is 6.92 Å². The number of aryl methyl sites for hydroxylation is 1. The molecule has 0 aliphatic heterocycles. The van der Waals surface area contributed by atoms with E-state index in [-0.39, 0.29) is 5.69 Å². The number of esters is 1. The van der Waals surface area contributed by atoms with Crippen LogP contribution in [0.5, 0.6) is 0 Å². The molecular weight excluding hydrogens is 282 g/mol. The Kier molecular flexibility index (Phi) is 4.30. The van der Waals surface area contributed by atoms with Crippen LogP contribution < -0.4 is 5.32 Å². The highest BCUT2D eigenvalue weighted by Gasteiger charge is 2.31. The molecule has 0 aliphatic carbocycles. The van der Waals surface area contributed by atoms with Gasteiger partial charge in [-0.25, -0.2) is 4.79 Å². The van der Waals surface area contributed by atoms with Crippen molar-refractivity contribution in [3.05, 3.63) is 41.6 Å². The van der Waals surface area contributed by atoms with Crippen molar-refractivity contribution in [2.45, 2.75) is 26.3 Å². The minimum Gasteiger partial charge on any atom is -0.467 e. The first kappa shape index (κ1) is 15.8. The van der Waals surface area contributed by atoms with E-state index in [0.29, 0.717) is 5.69 Å². The highest BCUT2D eigenvalue weighted by molar-refractivity contribution is 5.97. The molecule has 1 aromatic carbocycles. The maximum Gasteiger partial charge on any atom is 0.330 e. The standard InChI is InChI=1S/C16H19N3O3/c1-10-7-5-6-8-11(10)12-9-13(19-18-12)14(20)17-16(2,3)15(21)22-4/h5-9H,1-4H3,(H,17,20)(H,18,19). The average molecular weight is 301 g/mol. The van der Waals surface area contributed by atoms with E-state index in [1.807, 2.05) is 31.2 Å². The molecule has 1 heterocycles. The summed E-state index contributed by atoms with van der Waals surface area (Å²) in [6.45, 7) is 5.13. The molecule has 22 heavy (non-hydrogen) atoms. The van der Waals surface area contributed by atoms with Gasteiger partial charge in [-0.1, -0.05) is 24.3 Å². The summed E-state index contributed by atoms with van der Waals surface area (Å²) in [6, 6.07) is 9.43. The summed E-state index contributed by atoms with van der Waals surface area (Å²) < 4.78 is 4.66. The molecular formula is C16H19N3O3. The Bertz CT molecular complexity index is 704. The predicted molar refractivity (Wildman–Crippen MR) is 82.3 cm³/mol. The van der Waals surface area contributed by atoms with Crippen LogP contribution in [0.4, 0.5) is 0 Å². The van der Waals surface area contributed by atoms with Crippen LogP contribution in [-0.2, 0) is 9.53 Å². The topological polar surface area (TPSA) is 84.1 Å². The lowest BCUT2D eigenvalue weighted by atomic mass is 10.0. The molecule has 0 saturated heterocycles. The second kappa shape index (κ2) is 6.01.